The number of rotatable bonds is 11. The average Bonchev–Trinajstić information content (AvgIpc) is 2.22. The van der Waals surface area contributed by atoms with Crippen LogP contribution in [0.3, 0.4) is 0 Å². The van der Waals surface area contributed by atoms with E-state index in [-0.39, 0.29) is 183 Å². The minimum Gasteiger partial charge on any atom is -1.00 e. The molecule has 0 saturated heterocycles. The Bertz CT molecular complexity index is 358. The number of hydrogen-bond acceptors (Lipinski definition) is 10. The molecule has 0 aromatic heterocycles. The van der Waals surface area contributed by atoms with Gasteiger partial charge < -0.3 is 45.3 Å². The van der Waals surface area contributed by atoms with Crippen molar-refractivity contribution < 1.29 is 164 Å². The second kappa shape index (κ2) is 28.3. The van der Waals surface area contributed by atoms with Gasteiger partial charge in [-0.1, -0.05) is 0 Å². The monoisotopic (exact) mass is 432 g/mol. The minimum absolute atomic E-state index is 0. The summed E-state index contributed by atoms with van der Waals surface area (Å²) in [6.07, 6.45) is 0. The van der Waals surface area contributed by atoms with Gasteiger partial charge in [-0.2, -0.15) is 0 Å². The zero-order valence-corrected chi connectivity index (χ0v) is 26.6. The van der Waals surface area contributed by atoms with Crippen LogP contribution in [0, 0.1) is 0 Å². The maximum absolute atomic E-state index is 10.4. The van der Waals surface area contributed by atoms with Crippen LogP contribution in [-0.4, -0.2) is 119 Å². The summed E-state index contributed by atoms with van der Waals surface area (Å²) in [6, 6.07) is 0. The topological polar surface area (TPSA) is 167 Å². The summed E-state index contributed by atoms with van der Waals surface area (Å²) in [5, 5.41) is 41.6. The Kier molecular flexibility index (Phi) is 51.4. The third-order valence-electron chi connectivity index (χ3n) is 2.14. The Morgan fingerprint density at radius 2 is 0.692 bits per heavy atom. The van der Waals surface area contributed by atoms with Crippen LogP contribution < -0.4 is 139 Å². The van der Waals surface area contributed by atoms with Crippen molar-refractivity contribution in [1.29, 1.82) is 0 Å². The van der Waals surface area contributed by atoms with Crippen LogP contribution in [0.5, 0.6) is 0 Å². The van der Waals surface area contributed by atoms with Gasteiger partial charge in [-0.3, -0.25) is 9.80 Å². The first kappa shape index (κ1) is 47.2. The van der Waals surface area contributed by atoms with Gasteiger partial charge in [0.2, 0.25) is 0 Å². The molecule has 0 N–H and O–H groups in total. The van der Waals surface area contributed by atoms with E-state index in [2.05, 4.69) is 0 Å². The van der Waals surface area contributed by atoms with Crippen LogP contribution in [0.25, 0.3) is 0 Å². The fraction of sp³-hybridized carbons (Fsp3) is 0.600. The number of carboxylic acids is 4. The van der Waals surface area contributed by atoms with Crippen LogP contribution in [0.1, 0.15) is 5.71 Å². The van der Waals surface area contributed by atoms with Crippen LogP contribution in [0.15, 0.2) is 0 Å². The first-order valence-corrected chi connectivity index (χ1v) is 5.44. The number of carbonyl (C=O) groups excluding carboxylic acids is 4. The minimum atomic E-state index is -1.53. The molecule has 0 unspecified atom stereocenters. The van der Waals surface area contributed by atoms with E-state index >= 15 is 0 Å². The fourth-order valence-electron chi connectivity index (χ4n) is 1.44. The second-order valence-electron chi connectivity index (χ2n) is 3.91. The van der Waals surface area contributed by atoms with Crippen molar-refractivity contribution in [3.63, 3.8) is 0 Å². The molecule has 0 spiro atoms. The number of nitrogens with zero attached hydrogens (tertiary/aromatic N) is 2. The van der Waals surface area contributed by atoms with Gasteiger partial charge in [-0.05, 0) is 0 Å². The maximum Gasteiger partial charge on any atom is 2.00 e. The molecule has 10 nitrogen and oxygen atoms in total. The van der Waals surface area contributed by atoms with Crippen LogP contribution in [0.4, 0.5) is 0 Å². The SMILES string of the molecule is O=C([O-])CN(CCN(CC(=O)[O-])CC(=O)[O-])CC(=O)[O-].[H-].[H-].[H-].[H-].[Mg+2].[Mg+2].[Na+].[Na+].[Na+].[Na+]. The molecule has 0 aliphatic heterocycles. The largest absolute Gasteiger partial charge is 2.00 e. The van der Waals surface area contributed by atoms with E-state index < -0.39 is 50.1 Å². The van der Waals surface area contributed by atoms with Crippen molar-refractivity contribution in [2.24, 2.45) is 0 Å². The summed E-state index contributed by atoms with van der Waals surface area (Å²) in [5.41, 5.74) is 0. The molecule has 0 amide bonds. The molecule has 16 heteroatoms. The molecule has 0 fully saturated rings. The normalized spacial score (nSPS) is 8.23. The number of carboxylic acid groups (broad SMARTS) is 4. The van der Waals surface area contributed by atoms with Gasteiger partial charge in [0.1, 0.15) is 0 Å². The summed E-state index contributed by atoms with van der Waals surface area (Å²) in [7, 11) is 0. The Hall–Kier alpha value is 3.33. The molecule has 0 aromatic rings. The quantitative estimate of drug-likeness (QED) is 0.286. The third kappa shape index (κ3) is 32.0. The van der Waals surface area contributed by atoms with Gasteiger partial charge >= 0.3 is 164 Å². The summed E-state index contributed by atoms with van der Waals surface area (Å²) in [4.78, 5) is 43.4. The van der Waals surface area contributed by atoms with Crippen molar-refractivity contribution in [2.75, 3.05) is 39.3 Å². The standard InChI is InChI=1S/C10H16N2O8.2Mg.4Na.4H/c13-7(14)3-11(4-8(15)16)1-2-12(5-9(17)18)6-10(19)20;;;;;;;;;;/h1-6H2,(H,13,14)(H,15,16)(H,17,18)(H,19,20);;;;;;;;;;/q;2*+2;4*+1;4*-1/p-4. The van der Waals surface area contributed by atoms with Crippen LogP contribution in [0.2, 0.25) is 0 Å². The number of aliphatic carboxylic acids is 4. The molecule has 0 saturated carbocycles. The van der Waals surface area contributed by atoms with E-state index in [0.29, 0.717) is 0 Å². The number of carbonyl (C=O) groups is 4. The Labute approximate surface area is 277 Å². The first-order valence-electron chi connectivity index (χ1n) is 5.44. The second-order valence-corrected chi connectivity index (χ2v) is 3.91. The van der Waals surface area contributed by atoms with Crippen LogP contribution in [-0.2, 0) is 19.2 Å². The van der Waals surface area contributed by atoms with Crippen molar-refractivity contribution >= 4 is 70.0 Å². The van der Waals surface area contributed by atoms with Gasteiger partial charge in [0.05, 0.1) is 23.9 Å². The van der Waals surface area contributed by atoms with E-state index in [1.807, 2.05) is 0 Å². The molecule has 0 aliphatic rings. The smallest absolute Gasteiger partial charge is 1.00 e. The Morgan fingerprint density at radius 1 is 0.538 bits per heavy atom. The van der Waals surface area contributed by atoms with E-state index in [1.165, 1.54) is 0 Å². The molecule has 0 heterocycles. The average molecular weight is 433 g/mol. The summed E-state index contributed by atoms with van der Waals surface area (Å²) in [6.45, 7) is -3.25. The fourth-order valence-corrected chi connectivity index (χ4v) is 1.44. The predicted octanol–water partition coefficient (Wildman–Crippen LogP) is -19.7. The van der Waals surface area contributed by atoms with Crippen molar-refractivity contribution in [2.45, 2.75) is 0 Å². The molecule has 122 valence electrons. The molecule has 0 rings (SSSR count). The molecule has 0 atom stereocenters. The van der Waals surface area contributed by atoms with Crippen molar-refractivity contribution in [3.8, 4) is 0 Å². The summed E-state index contributed by atoms with van der Waals surface area (Å²) >= 11 is 0. The van der Waals surface area contributed by atoms with Gasteiger partial charge in [-0.25, -0.2) is 0 Å². The molecular formula is C10H16Mg2N2Na4O8. The molecule has 0 aliphatic carbocycles. The van der Waals surface area contributed by atoms with Crippen molar-refractivity contribution in [1.82, 2.24) is 9.80 Å². The summed E-state index contributed by atoms with van der Waals surface area (Å²) in [5.74, 6) is -6.12. The third-order valence-corrected chi connectivity index (χ3v) is 2.14. The van der Waals surface area contributed by atoms with E-state index in [4.69, 9.17) is 0 Å². The maximum atomic E-state index is 10.4. The van der Waals surface area contributed by atoms with E-state index in [1.54, 1.807) is 0 Å². The predicted molar refractivity (Wildman–Crippen MR) is 68.9 cm³/mol. The Balaban J connectivity index is -0.0000000401. The molecule has 26 heavy (non-hydrogen) atoms. The molecule has 0 radical (unpaired) electrons. The zero-order valence-electron chi connectivity index (χ0n) is 19.8. The van der Waals surface area contributed by atoms with Crippen LogP contribution >= 0.6 is 0 Å². The Morgan fingerprint density at radius 3 is 0.808 bits per heavy atom. The van der Waals surface area contributed by atoms with E-state index in [0.717, 1.165) is 9.80 Å². The number of hydrogen-bond donors (Lipinski definition) is 0. The molecule has 0 bridgehead atoms. The van der Waals surface area contributed by atoms with E-state index in [9.17, 15) is 39.6 Å². The van der Waals surface area contributed by atoms with Gasteiger partial charge in [-0.15, -0.1) is 0 Å². The molecular weight excluding hydrogens is 417 g/mol. The zero-order chi connectivity index (χ0) is 15.7. The van der Waals surface area contributed by atoms with Gasteiger partial charge in [0, 0.05) is 39.3 Å². The van der Waals surface area contributed by atoms with Gasteiger partial charge in [0.15, 0.2) is 0 Å². The first-order chi connectivity index (χ1) is 9.20. The van der Waals surface area contributed by atoms with Crippen molar-refractivity contribution in [3.05, 3.63) is 0 Å². The summed E-state index contributed by atoms with van der Waals surface area (Å²) < 4.78 is 0. The van der Waals surface area contributed by atoms with Gasteiger partial charge in [0.25, 0.3) is 0 Å². The molecule has 0 aromatic carbocycles.